The van der Waals surface area contributed by atoms with Crippen LogP contribution in [0.2, 0.25) is 0 Å². The van der Waals surface area contributed by atoms with Gasteiger partial charge in [0.25, 0.3) is 0 Å². The summed E-state index contributed by atoms with van der Waals surface area (Å²) in [6.07, 6.45) is -3.84. The smallest absolute Gasteiger partial charge is 0.413 e. The molecule has 3 amide bonds. The summed E-state index contributed by atoms with van der Waals surface area (Å²) < 4.78 is 26.6. The number of aliphatic imine (C=N–C) groups is 1. The summed E-state index contributed by atoms with van der Waals surface area (Å²) in [5.41, 5.74) is -1.40. The van der Waals surface area contributed by atoms with E-state index in [1.165, 1.54) is 50.2 Å². The molecule has 18 heteroatoms. The van der Waals surface area contributed by atoms with Gasteiger partial charge in [-0.2, -0.15) is 0 Å². The standard InChI is InChI=1S/C45H60N4O14/c1-26(50)21-31(38(54)48-35(40(56)62-44(7,8)9)24-37(53)61-43(4,5)6)23-36(52)34(22-27(2)51)49-41(57)59-25-29-13-19-33(20-14-29)60-39(55)30-15-17-32(18-16-30)46-28(3)47-42(58)63-45(10,11)12/h13-20,31,34-35H,21-25H2,1-12H3,(H,48,54)(H,49,57)(H,46,47,58)/t31-,34+,35+/m1/s1. The number of amides is 3. The van der Waals surface area contributed by atoms with Crippen LogP contribution in [-0.2, 0) is 54.3 Å². The summed E-state index contributed by atoms with van der Waals surface area (Å²) >= 11 is 0. The van der Waals surface area contributed by atoms with E-state index in [4.69, 9.17) is 23.7 Å². The van der Waals surface area contributed by atoms with Gasteiger partial charge >= 0.3 is 30.1 Å². The molecular formula is C45H60N4O14. The van der Waals surface area contributed by atoms with Crippen molar-refractivity contribution >= 4 is 64.9 Å². The van der Waals surface area contributed by atoms with E-state index in [1.807, 2.05) is 0 Å². The van der Waals surface area contributed by atoms with Crippen LogP contribution in [0.4, 0.5) is 15.3 Å². The van der Waals surface area contributed by atoms with Gasteiger partial charge in [-0.3, -0.25) is 24.5 Å². The molecule has 0 saturated carbocycles. The first-order valence-electron chi connectivity index (χ1n) is 20.1. The number of benzene rings is 2. The third kappa shape index (κ3) is 21.8. The lowest BCUT2D eigenvalue weighted by atomic mass is 9.91. The highest BCUT2D eigenvalue weighted by Crippen LogP contribution is 2.20. The van der Waals surface area contributed by atoms with Crippen molar-refractivity contribution < 1.29 is 66.8 Å². The van der Waals surface area contributed by atoms with E-state index in [1.54, 1.807) is 81.4 Å². The summed E-state index contributed by atoms with van der Waals surface area (Å²) in [5, 5.41) is 7.30. The van der Waals surface area contributed by atoms with Crippen molar-refractivity contribution in [2.24, 2.45) is 10.9 Å². The molecule has 3 N–H and O–H groups in total. The number of esters is 3. The number of hydrogen-bond acceptors (Lipinski definition) is 15. The number of amidine groups is 1. The van der Waals surface area contributed by atoms with Gasteiger partial charge in [-0.1, -0.05) is 12.1 Å². The van der Waals surface area contributed by atoms with Gasteiger partial charge in [0.2, 0.25) is 5.91 Å². The summed E-state index contributed by atoms with van der Waals surface area (Å²) in [5.74, 6) is -5.93. The van der Waals surface area contributed by atoms with E-state index < -0.39 is 114 Å². The molecule has 2 rings (SSSR count). The molecule has 2 aromatic rings. The van der Waals surface area contributed by atoms with Gasteiger partial charge in [0.05, 0.1) is 29.6 Å². The maximum atomic E-state index is 13.5. The fourth-order valence-corrected chi connectivity index (χ4v) is 5.43. The molecule has 0 aliphatic rings. The van der Waals surface area contributed by atoms with Gasteiger partial charge in [-0.25, -0.2) is 24.2 Å². The SMILES string of the molecule is CC(=O)C[C@H](CC(=O)[C@H](CC(C)=O)NC(=O)OCc1ccc(OC(=O)c2ccc(N=C(C)NC(=O)OC(C)(C)C)cc2)cc1)C(=O)N[C@@H](CC(=O)OC(C)(C)C)C(=O)OC(C)(C)C. The molecule has 0 aliphatic heterocycles. The number of carbonyl (C=O) groups is 9. The second-order valence-electron chi connectivity index (χ2n) is 17.7. The van der Waals surface area contributed by atoms with Crippen molar-refractivity contribution in [2.75, 3.05) is 0 Å². The minimum Gasteiger partial charge on any atom is -0.460 e. The first-order chi connectivity index (χ1) is 29.0. The number of ether oxygens (including phenoxy) is 5. The molecule has 344 valence electrons. The molecule has 0 saturated heterocycles. The zero-order valence-electron chi connectivity index (χ0n) is 38.0. The Morgan fingerprint density at radius 2 is 1.16 bits per heavy atom. The van der Waals surface area contributed by atoms with Crippen LogP contribution < -0.4 is 20.7 Å². The first kappa shape index (κ1) is 52.7. The number of hydrogen-bond donors (Lipinski definition) is 3. The van der Waals surface area contributed by atoms with Crippen LogP contribution >= 0.6 is 0 Å². The third-order valence-electron chi connectivity index (χ3n) is 7.91. The van der Waals surface area contributed by atoms with Crippen LogP contribution in [0.3, 0.4) is 0 Å². The van der Waals surface area contributed by atoms with Crippen LogP contribution in [0.5, 0.6) is 5.75 Å². The monoisotopic (exact) mass is 880 g/mol. The highest BCUT2D eigenvalue weighted by atomic mass is 16.6. The molecule has 0 aromatic heterocycles. The zero-order valence-corrected chi connectivity index (χ0v) is 38.0. The topological polar surface area (TPSA) is 248 Å². The Kier molecular flexibility index (Phi) is 19.3. The minimum absolute atomic E-state index is 0.186. The van der Waals surface area contributed by atoms with E-state index >= 15 is 0 Å². The third-order valence-corrected chi connectivity index (χ3v) is 7.91. The lowest BCUT2D eigenvalue weighted by molar-refractivity contribution is -0.165. The number of nitrogens with one attached hydrogen (secondary N) is 3. The summed E-state index contributed by atoms with van der Waals surface area (Å²) in [6, 6.07) is 9.19. The lowest BCUT2D eigenvalue weighted by Gasteiger charge is -2.27. The van der Waals surface area contributed by atoms with Crippen molar-refractivity contribution in [1.82, 2.24) is 16.0 Å². The van der Waals surface area contributed by atoms with E-state index in [0.717, 1.165) is 0 Å². The fraction of sp³-hybridized carbons (Fsp3) is 0.511. The fourth-order valence-electron chi connectivity index (χ4n) is 5.43. The maximum Gasteiger partial charge on any atom is 0.413 e. The van der Waals surface area contributed by atoms with Crippen molar-refractivity contribution in [3.63, 3.8) is 0 Å². The number of alkyl carbamates (subject to hydrolysis) is 2. The number of rotatable bonds is 18. The van der Waals surface area contributed by atoms with E-state index in [-0.39, 0.29) is 23.8 Å². The van der Waals surface area contributed by atoms with Gasteiger partial charge in [0, 0.05) is 19.3 Å². The number of carbonyl (C=O) groups excluding carboxylic acids is 9. The van der Waals surface area contributed by atoms with Gasteiger partial charge < -0.3 is 39.1 Å². The van der Waals surface area contributed by atoms with Gasteiger partial charge in [-0.05, 0) is 125 Å². The number of nitrogens with zero attached hydrogens (tertiary/aromatic N) is 1. The van der Waals surface area contributed by atoms with Crippen LogP contribution in [-0.4, -0.2) is 88.1 Å². The van der Waals surface area contributed by atoms with Crippen LogP contribution in [0.15, 0.2) is 53.5 Å². The average molecular weight is 881 g/mol. The van der Waals surface area contributed by atoms with Crippen molar-refractivity contribution in [3.05, 3.63) is 59.7 Å². The predicted octanol–water partition coefficient (Wildman–Crippen LogP) is 6.17. The molecule has 2 aromatic carbocycles. The molecule has 0 unspecified atom stereocenters. The molecular weight excluding hydrogens is 821 g/mol. The van der Waals surface area contributed by atoms with Gasteiger partial charge in [0.15, 0.2) is 5.78 Å². The Labute approximate surface area is 367 Å². The molecule has 0 spiro atoms. The van der Waals surface area contributed by atoms with Crippen molar-refractivity contribution in [2.45, 2.75) is 144 Å². The number of ketones is 3. The normalized spacial score (nSPS) is 13.2. The minimum atomic E-state index is -1.52. The Balaban J connectivity index is 2.07. The predicted molar refractivity (Wildman–Crippen MR) is 229 cm³/mol. The molecule has 0 heterocycles. The van der Waals surface area contributed by atoms with Crippen LogP contribution in [0.1, 0.15) is 125 Å². The van der Waals surface area contributed by atoms with Crippen molar-refractivity contribution in [3.8, 4) is 5.75 Å². The summed E-state index contributed by atoms with van der Waals surface area (Å²) in [4.78, 5) is 119. The average Bonchev–Trinajstić information content (AvgIpc) is 3.11. The zero-order chi connectivity index (χ0) is 47.9. The molecule has 3 atom stereocenters. The quantitative estimate of drug-likeness (QED) is 0.0499. The van der Waals surface area contributed by atoms with E-state index in [2.05, 4.69) is 20.9 Å². The highest BCUT2D eigenvalue weighted by molar-refractivity contribution is 5.98. The molecule has 0 bridgehead atoms. The Morgan fingerprint density at radius 3 is 1.68 bits per heavy atom. The molecule has 0 fully saturated rings. The molecule has 0 aliphatic carbocycles. The summed E-state index contributed by atoms with van der Waals surface area (Å²) in [7, 11) is 0. The van der Waals surface area contributed by atoms with E-state index in [9.17, 15) is 43.2 Å². The Morgan fingerprint density at radius 1 is 0.603 bits per heavy atom. The first-order valence-corrected chi connectivity index (χ1v) is 20.1. The van der Waals surface area contributed by atoms with Crippen molar-refractivity contribution in [1.29, 1.82) is 0 Å². The second-order valence-corrected chi connectivity index (χ2v) is 17.7. The molecule has 18 nitrogen and oxygen atoms in total. The highest BCUT2D eigenvalue weighted by Gasteiger charge is 2.35. The largest absolute Gasteiger partial charge is 0.460 e. The summed E-state index contributed by atoms with van der Waals surface area (Å²) in [6.45, 7) is 18.6. The molecule has 63 heavy (non-hydrogen) atoms. The number of Topliss-reactive ketones (excluding diaryl/α,β-unsaturated/α-hetero) is 3. The second kappa shape index (κ2) is 23.1. The van der Waals surface area contributed by atoms with E-state index in [0.29, 0.717) is 11.3 Å². The van der Waals surface area contributed by atoms with Gasteiger partial charge in [0.1, 0.15) is 52.6 Å². The Hall–Kier alpha value is -6.46. The maximum absolute atomic E-state index is 13.5. The molecule has 0 radical (unpaired) electrons. The van der Waals surface area contributed by atoms with Crippen LogP contribution in [0, 0.1) is 5.92 Å². The Bertz CT molecular complexity index is 2020. The lowest BCUT2D eigenvalue weighted by Crippen LogP contribution is -2.49. The van der Waals surface area contributed by atoms with Crippen LogP contribution in [0.25, 0.3) is 0 Å². The van der Waals surface area contributed by atoms with Gasteiger partial charge in [-0.15, -0.1) is 0 Å².